The maximum Gasteiger partial charge on any atom is 0.237 e. The van der Waals surface area contributed by atoms with E-state index >= 15 is 0 Å². The van der Waals surface area contributed by atoms with Crippen molar-refractivity contribution in [1.29, 1.82) is 5.26 Å². The van der Waals surface area contributed by atoms with Gasteiger partial charge in [-0.3, -0.25) is 4.79 Å². The van der Waals surface area contributed by atoms with Crippen LogP contribution in [0.5, 0.6) is 0 Å². The van der Waals surface area contributed by atoms with Crippen molar-refractivity contribution in [2.75, 3.05) is 23.0 Å². The van der Waals surface area contributed by atoms with Crippen LogP contribution < -0.4 is 4.90 Å². The Morgan fingerprint density at radius 1 is 1.28 bits per heavy atom. The molecule has 0 aliphatic carbocycles. The van der Waals surface area contributed by atoms with Gasteiger partial charge in [0.1, 0.15) is 0 Å². The monoisotopic (exact) mass is 392 g/mol. The first-order valence-electron chi connectivity index (χ1n) is 7.89. The summed E-state index contributed by atoms with van der Waals surface area (Å²) in [4.78, 5) is 14.5. The normalized spacial score (nSPS) is 10.5. The molecule has 0 saturated heterocycles. The van der Waals surface area contributed by atoms with Crippen molar-refractivity contribution in [2.45, 2.75) is 35.9 Å². The summed E-state index contributed by atoms with van der Waals surface area (Å²) in [6.45, 7) is 6.49. The Labute approximate surface area is 160 Å². The van der Waals surface area contributed by atoms with Gasteiger partial charge in [0.2, 0.25) is 5.91 Å². The van der Waals surface area contributed by atoms with Crippen molar-refractivity contribution in [1.82, 2.24) is 10.2 Å². The molecule has 0 atom stereocenters. The zero-order valence-electron chi connectivity index (χ0n) is 14.5. The molecular weight excluding hydrogens is 372 g/mol. The van der Waals surface area contributed by atoms with Gasteiger partial charge in [0.15, 0.2) is 8.68 Å². The molecular formula is C17H20N4OS3. The van der Waals surface area contributed by atoms with Gasteiger partial charge in [0.25, 0.3) is 0 Å². The third-order valence-electron chi connectivity index (χ3n) is 3.59. The van der Waals surface area contributed by atoms with E-state index in [1.165, 1.54) is 23.1 Å². The number of rotatable bonds is 8. The lowest BCUT2D eigenvalue weighted by Gasteiger charge is -2.24. The highest BCUT2D eigenvalue weighted by atomic mass is 32.2. The van der Waals surface area contributed by atoms with E-state index in [1.54, 1.807) is 16.7 Å². The van der Waals surface area contributed by atoms with E-state index in [0.717, 1.165) is 31.2 Å². The summed E-state index contributed by atoms with van der Waals surface area (Å²) in [6.07, 6.45) is 0.305. The van der Waals surface area contributed by atoms with E-state index in [4.69, 9.17) is 5.26 Å². The number of aryl methyl sites for hydroxylation is 1. The number of carbonyl (C=O) groups excluding carboxylic acids is 1. The SMILES string of the molecule is CCSc1nnc(SCC(=O)N(CCC#N)c2cccc(C)c2C)s1. The summed E-state index contributed by atoms with van der Waals surface area (Å²) in [5.74, 6) is 1.21. The van der Waals surface area contributed by atoms with E-state index in [0.29, 0.717) is 13.0 Å². The maximum atomic E-state index is 12.8. The molecule has 8 heteroatoms. The molecule has 0 aliphatic heterocycles. The minimum absolute atomic E-state index is 0.0196. The molecule has 1 heterocycles. The maximum absolute atomic E-state index is 12.8. The fourth-order valence-electron chi connectivity index (χ4n) is 2.21. The van der Waals surface area contributed by atoms with Gasteiger partial charge in [0.05, 0.1) is 18.2 Å². The molecule has 0 saturated carbocycles. The van der Waals surface area contributed by atoms with Gasteiger partial charge in [-0.25, -0.2) is 0 Å². The predicted molar refractivity (Wildman–Crippen MR) is 106 cm³/mol. The number of thioether (sulfide) groups is 2. The van der Waals surface area contributed by atoms with Crippen LogP contribution >= 0.6 is 34.9 Å². The molecule has 2 aromatic rings. The molecule has 0 radical (unpaired) electrons. The van der Waals surface area contributed by atoms with Crippen molar-refractivity contribution < 1.29 is 4.79 Å². The minimum atomic E-state index is -0.0196. The Bertz CT molecular complexity index is 769. The molecule has 0 fully saturated rings. The second-order valence-corrected chi connectivity index (χ2v) is 8.94. The van der Waals surface area contributed by atoms with Gasteiger partial charge in [-0.15, -0.1) is 10.2 Å². The lowest BCUT2D eigenvalue weighted by molar-refractivity contribution is -0.116. The fraction of sp³-hybridized carbons (Fsp3) is 0.412. The molecule has 1 aromatic heterocycles. The number of hydrogen-bond acceptors (Lipinski definition) is 7. The largest absolute Gasteiger partial charge is 0.310 e. The highest BCUT2D eigenvalue weighted by Gasteiger charge is 2.19. The van der Waals surface area contributed by atoms with Gasteiger partial charge in [0, 0.05) is 12.2 Å². The molecule has 0 unspecified atom stereocenters. The van der Waals surface area contributed by atoms with Crippen LogP contribution in [0, 0.1) is 25.2 Å². The lowest BCUT2D eigenvalue weighted by Crippen LogP contribution is -2.34. The predicted octanol–water partition coefficient (Wildman–Crippen LogP) is 4.31. The number of amides is 1. The molecule has 1 aromatic carbocycles. The first-order chi connectivity index (χ1) is 12.1. The number of nitriles is 1. The van der Waals surface area contributed by atoms with Crippen molar-refractivity contribution in [3.05, 3.63) is 29.3 Å². The molecule has 0 N–H and O–H groups in total. The Hall–Kier alpha value is -1.56. The van der Waals surface area contributed by atoms with E-state index in [9.17, 15) is 4.79 Å². The van der Waals surface area contributed by atoms with E-state index in [2.05, 4.69) is 23.2 Å². The number of anilines is 1. The zero-order valence-corrected chi connectivity index (χ0v) is 16.9. The average Bonchev–Trinajstić information content (AvgIpc) is 3.05. The summed E-state index contributed by atoms with van der Waals surface area (Å²) in [7, 11) is 0. The van der Waals surface area contributed by atoms with Crippen molar-refractivity contribution in [2.24, 2.45) is 0 Å². The third-order valence-corrected chi connectivity index (χ3v) is 6.65. The first kappa shape index (κ1) is 19.8. The standard InChI is InChI=1S/C17H20N4OS3/c1-4-23-16-19-20-17(25-16)24-11-15(22)21(10-6-9-18)14-8-5-7-12(2)13(14)3/h5,7-8H,4,6,10-11H2,1-3H3. The average molecular weight is 393 g/mol. The highest BCUT2D eigenvalue weighted by molar-refractivity contribution is 8.03. The van der Waals surface area contributed by atoms with Gasteiger partial charge < -0.3 is 4.90 Å². The second-order valence-electron chi connectivity index (χ2n) is 5.23. The molecule has 5 nitrogen and oxygen atoms in total. The topological polar surface area (TPSA) is 69.9 Å². The molecule has 132 valence electrons. The lowest BCUT2D eigenvalue weighted by atomic mass is 10.1. The van der Waals surface area contributed by atoms with Crippen LogP contribution in [0.4, 0.5) is 5.69 Å². The smallest absolute Gasteiger partial charge is 0.237 e. The van der Waals surface area contributed by atoms with Crippen LogP contribution in [0.15, 0.2) is 26.9 Å². The first-order valence-corrected chi connectivity index (χ1v) is 10.7. The van der Waals surface area contributed by atoms with Crippen LogP contribution in [0.1, 0.15) is 24.5 Å². The van der Waals surface area contributed by atoms with Gasteiger partial charge in [-0.05, 0) is 36.8 Å². The molecule has 0 spiro atoms. The van der Waals surface area contributed by atoms with Crippen LogP contribution in [0.25, 0.3) is 0 Å². The summed E-state index contributed by atoms with van der Waals surface area (Å²) >= 11 is 4.56. The molecule has 1 amide bonds. The number of hydrogen-bond donors (Lipinski definition) is 0. The van der Waals surface area contributed by atoms with Crippen molar-refractivity contribution in [3.8, 4) is 6.07 Å². The number of aromatic nitrogens is 2. The summed E-state index contributed by atoms with van der Waals surface area (Å²) < 4.78 is 1.72. The summed E-state index contributed by atoms with van der Waals surface area (Å²) in [6, 6.07) is 8.02. The molecule has 2 rings (SSSR count). The quantitative estimate of drug-likeness (QED) is 0.624. The van der Waals surface area contributed by atoms with Crippen molar-refractivity contribution >= 4 is 46.5 Å². The Morgan fingerprint density at radius 2 is 2.00 bits per heavy atom. The number of nitrogens with zero attached hydrogens (tertiary/aromatic N) is 4. The van der Waals surface area contributed by atoms with Crippen LogP contribution in [-0.2, 0) is 4.79 Å². The van der Waals surface area contributed by atoms with Crippen LogP contribution in [0.2, 0.25) is 0 Å². The van der Waals surface area contributed by atoms with Gasteiger partial charge in [-0.2, -0.15) is 5.26 Å². The third kappa shape index (κ3) is 5.46. The fourth-order valence-corrected chi connectivity index (χ4v) is 5.00. The van der Waals surface area contributed by atoms with E-state index < -0.39 is 0 Å². The summed E-state index contributed by atoms with van der Waals surface area (Å²) in [5, 5.41) is 17.1. The number of benzene rings is 1. The Balaban J connectivity index is 2.10. The molecule has 0 bridgehead atoms. The van der Waals surface area contributed by atoms with E-state index in [1.807, 2.05) is 32.0 Å². The molecule has 25 heavy (non-hydrogen) atoms. The Morgan fingerprint density at radius 3 is 2.68 bits per heavy atom. The molecule has 0 aliphatic rings. The minimum Gasteiger partial charge on any atom is -0.310 e. The van der Waals surface area contributed by atoms with Crippen LogP contribution in [-0.4, -0.2) is 34.2 Å². The van der Waals surface area contributed by atoms with Gasteiger partial charge >= 0.3 is 0 Å². The highest BCUT2D eigenvalue weighted by Crippen LogP contribution is 2.30. The number of carbonyl (C=O) groups is 1. The summed E-state index contributed by atoms with van der Waals surface area (Å²) in [5.41, 5.74) is 3.07. The zero-order chi connectivity index (χ0) is 18.2. The van der Waals surface area contributed by atoms with Crippen LogP contribution in [0.3, 0.4) is 0 Å². The van der Waals surface area contributed by atoms with E-state index in [-0.39, 0.29) is 11.7 Å². The second kappa shape index (κ2) is 9.80. The Kier molecular flexibility index (Phi) is 7.75. The van der Waals surface area contributed by atoms with Crippen molar-refractivity contribution in [3.63, 3.8) is 0 Å². The van der Waals surface area contributed by atoms with Gasteiger partial charge in [-0.1, -0.05) is 53.9 Å².